The Morgan fingerprint density at radius 3 is 2.62 bits per heavy atom. The van der Waals surface area contributed by atoms with E-state index in [1.54, 1.807) is 20.8 Å². The fourth-order valence-corrected chi connectivity index (χ4v) is 4.32. The predicted molar refractivity (Wildman–Crippen MR) is 94.7 cm³/mol. The molecule has 140 valence electrons. The van der Waals surface area contributed by atoms with E-state index in [4.69, 9.17) is 9.26 Å². The quantitative estimate of drug-likeness (QED) is 0.740. The Hall–Kier alpha value is -2.19. The van der Waals surface area contributed by atoms with Crippen LogP contribution in [-0.4, -0.2) is 35.6 Å². The second-order valence-electron chi connectivity index (χ2n) is 6.34. The standard InChI is InChI=1S/C18H22N2O5S/c1-4-26(22,23)20-10-15-8-6-5-7-14(15)9-17(20)18(21)24-11-16-12(2)19-25-13(16)3/h5-8,17H,4,9-11H2,1-3H3. The van der Waals surface area contributed by atoms with Crippen LogP contribution in [0.4, 0.5) is 0 Å². The zero-order valence-electron chi connectivity index (χ0n) is 15.1. The van der Waals surface area contributed by atoms with Gasteiger partial charge in [-0.2, -0.15) is 4.31 Å². The number of aromatic nitrogens is 1. The molecule has 1 aromatic heterocycles. The first-order valence-corrected chi connectivity index (χ1v) is 10.1. The molecule has 0 aliphatic carbocycles. The third-order valence-corrected chi connectivity index (χ3v) is 6.57. The number of nitrogens with zero attached hydrogens (tertiary/aromatic N) is 2. The molecule has 1 aliphatic heterocycles. The number of carbonyl (C=O) groups excluding carboxylic acids is 1. The Kier molecular flexibility index (Phi) is 5.15. The summed E-state index contributed by atoms with van der Waals surface area (Å²) in [5.74, 6) is -0.0399. The third kappa shape index (κ3) is 3.52. The van der Waals surface area contributed by atoms with Crippen LogP contribution in [0.25, 0.3) is 0 Å². The molecule has 3 rings (SSSR count). The molecule has 1 unspecified atom stereocenters. The molecule has 1 aromatic carbocycles. The maximum Gasteiger partial charge on any atom is 0.325 e. The second-order valence-corrected chi connectivity index (χ2v) is 8.56. The summed E-state index contributed by atoms with van der Waals surface area (Å²) >= 11 is 0. The molecular weight excluding hydrogens is 356 g/mol. The number of hydrogen-bond donors (Lipinski definition) is 0. The number of rotatable bonds is 5. The van der Waals surface area contributed by atoms with Crippen molar-refractivity contribution in [2.24, 2.45) is 0 Å². The molecule has 26 heavy (non-hydrogen) atoms. The van der Waals surface area contributed by atoms with E-state index in [1.165, 1.54) is 4.31 Å². The Labute approximate surface area is 153 Å². The fraction of sp³-hybridized carbons (Fsp3) is 0.444. The van der Waals surface area contributed by atoms with Gasteiger partial charge in [-0.05, 0) is 31.9 Å². The molecule has 1 aliphatic rings. The van der Waals surface area contributed by atoms with E-state index in [-0.39, 0.29) is 18.9 Å². The lowest BCUT2D eigenvalue weighted by Crippen LogP contribution is -2.49. The molecule has 0 saturated carbocycles. The highest BCUT2D eigenvalue weighted by molar-refractivity contribution is 7.89. The normalized spacial score (nSPS) is 17.7. The lowest BCUT2D eigenvalue weighted by atomic mass is 9.96. The average Bonchev–Trinajstić information content (AvgIpc) is 2.96. The number of benzene rings is 1. The van der Waals surface area contributed by atoms with Crippen molar-refractivity contribution in [3.05, 3.63) is 52.4 Å². The number of carbonyl (C=O) groups is 1. The van der Waals surface area contributed by atoms with Crippen LogP contribution in [0.1, 0.15) is 35.1 Å². The summed E-state index contributed by atoms with van der Waals surface area (Å²) in [6, 6.07) is 6.69. The number of fused-ring (bicyclic) bond motifs is 1. The molecule has 2 heterocycles. The predicted octanol–water partition coefficient (Wildman–Crippen LogP) is 2.11. The highest BCUT2D eigenvalue weighted by atomic mass is 32.2. The molecule has 0 fully saturated rings. The van der Waals surface area contributed by atoms with Crippen LogP contribution in [0.5, 0.6) is 0 Å². The second kappa shape index (κ2) is 7.20. The summed E-state index contributed by atoms with van der Waals surface area (Å²) < 4.78 is 36.8. The van der Waals surface area contributed by atoms with Gasteiger partial charge < -0.3 is 9.26 Å². The smallest absolute Gasteiger partial charge is 0.325 e. The molecule has 1 atom stereocenters. The van der Waals surface area contributed by atoms with Crippen molar-refractivity contribution in [3.8, 4) is 0 Å². The first-order valence-electron chi connectivity index (χ1n) is 8.48. The minimum absolute atomic E-state index is 0.0121. The van der Waals surface area contributed by atoms with Gasteiger partial charge in [-0.25, -0.2) is 8.42 Å². The van der Waals surface area contributed by atoms with Gasteiger partial charge in [0.25, 0.3) is 0 Å². The van der Waals surface area contributed by atoms with Gasteiger partial charge in [0, 0.05) is 13.0 Å². The van der Waals surface area contributed by atoms with E-state index >= 15 is 0 Å². The molecule has 0 radical (unpaired) electrons. The number of hydrogen-bond acceptors (Lipinski definition) is 6. The van der Waals surface area contributed by atoms with Crippen molar-refractivity contribution in [3.63, 3.8) is 0 Å². The molecule has 0 spiro atoms. The molecule has 2 aromatic rings. The lowest BCUT2D eigenvalue weighted by Gasteiger charge is -2.34. The third-order valence-electron chi connectivity index (χ3n) is 4.74. The largest absolute Gasteiger partial charge is 0.459 e. The van der Waals surface area contributed by atoms with Crippen LogP contribution in [0.15, 0.2) is 28.8 Å². The van der Waals surface area contributed by atoms with Crippen LogP contribution in [0.3, 0.4) is 0 Å². The summed E-state index contributed by atoms with van der Waals surface area (Å²) in [6.07, 6.45) is 0.301. The van der Waals surface area contributed by atoms with E-state index in [1.807, 2.05) is 24.3 Å². The van der Waals surface area contributed by atoms with E-state index in [2.05, 4.69) is 5.16 Å². The molecular formula is C18H22N2O5S. The molecule has 0 N–H and O–H groups in total. The summed E-state index contributed by atoms with van der Waals surface area (Å²) in [4.78, 5) is 12.7. The fourth-order valence-electron chi connectivity index (χ4n) is 3.11. The van der Waals surface area contributed by atoms with Crippen LogP contribution in [0.2, 0.25) is 0 Å². The summed E-state index contributed by atoms with van der Waals surface area (Å²) in [7, 11) is -3.54. The van der Waals surface area contributed by atoms with Crippen molar-refractivity contribution in [1.29, 1.82) is 0 Å². The first kappa shape index (κ1) is 18.6. The topological polar surface area (TPSA) is 89.7 Å². The summed E-state index contributed by atoms with van der Waals surface area (Å²) in [5, 5.41) is 3.83. The molecule has 8 heteroatoms. The van der Waals surface area contributed by atoms with Crippen LogP contribution < -0.4 is 0 Å². The Morgan fingerprint density at radius 2 is 2.00 bits per heavy atom. The maximum atomic E-state index is 12.7. The maximum absolute atomic E-state index is 12.7. The van der Waals surface area contributed by atoms with Crippen molar-refractivity contribution in [2.45, 2.75) is 46.4 Å². The minimum Gasteiger partial charge on any atom is -0.459 e. The molecule has 7 nitrogen and oxygen atoms in total. The van der Waals surface area contributed by atoms with Crippen molar-refractivity contribution in [1.82, 2.24) is 9.46 Å². The Morgan fingerprint density at radius 1 is 1.31 bits per heavy atom. The number of sulfonamides is 1. The Balaban J connectivity index is 1.84. The van der Waals surface area contributed by atoms with Gasteiger partial charge >= 0.3 is 5.97 Å². The lowest BCUT2D eigenvalue weighted by molar-refractivity contribution is -0.150. The van der Waals surface area contributed by atoms with Gasteiger partial charge in [0.2, 0.25) is 10.0 Å². The van der Waals surface area contributed by atoms with Gasteiger partial charge in [-0.1, -0.05) is 29.4 Å². The van der Waals surface area contributed by atoms with Gasteiger partial charge in [-0.15, -0.1) is 0 Å². The monoisotopic (exact) mass is 378 g/mol. The van der Waals surface area contributed by atoms with Crippen LogP contribution in [0, 0.1) is 13.8 Å². The number of ether oxygens (including phenoxy) is 1. The highest BCUT2D eigenvalue weighted by Crippen LogP contribution is 2.27. The van der Waals surface area contributed by atoms with Crippen LogP contribution >= 0.6 is 0 Å². The number of esters is 1. The van der Waals surface area contributed by atoms with E-state index in [0.29, 0.717) is 23.4 Å². The average molecular weight is 378 g/mol. The van der Waals surface area contributed by atoms with Gasteiger partial charge in [0.05, 0.1) is 17.0 Å². The van der Waals surface area contributed by atoms with E-state index in [0.717, 1.165) is 11.1 Å². The van der Waals surface area contributed by atoms with E-state index in [9.17, 15) is 13.2 Å². The van der Waals surface area contributed by atoms with Gasteiger partial charge in [0.15, 0.2) is 0 Å². The van der Waals surface area contributed by atoms with Crippen molar-refractivity contribution >= 4 is 16.0 Å². The summed E-state index contributed by atoms with van der Waals surface area (Å²) in [5.41, 5.74) is 3.25. The highest BCUT2D eigenvalue weighted by Gasteiger charge is 2.39. The zero-order valence-corrected chi connectivity index (χ0v) is 15.9. The molecule has 0 amide bonds. The van der Waals surface area contributed by atoms with E-state index < -0.39 is 22.0 Å². The summed E-state index contributed by atoms with van der Waals surface area (Å²) in [6.45, 7) is 5.27. The minimum atomic E-state index is -3.54. The van der Waals surface area contributed by atoms with Gasteiger partial charge in [0.1, 0.15) is 18.4 Å². The van der Waals surface area contributed by atoms with Crippen molar-refractivity contribution < 1.29 is 22.5 Å². The van der Waals surface area contributed by atoms with Crippen molar-refractivity contribution in [2.75, 3.05) is 5.75 Å². The van der Waals surface area contributed by atoms with Crippen LogP contribution in [-0.2, 0) is 39.1 Å². The molecule has 0 bridgehead atoms. The Bertz CT molecular complexity index is 900. The zero-order chi connectivity index (χ0) is 18.9. The first-order chi connectivity index (χ1) is 12.3. The molecule has 0 saturated heterocycles. The number of aryl methyl sites for hydroxylation is 2. The van der Waals surface area contributed by atoms with Gasteiger partial charge in [-0.3, -0.25) is 4.79 Å². The SMILES string of the molecule is CCS(=O)(=O)N1Cc2ccccc2CC1C(=O)OCc1c(C)noc1C.